The van der Waals surface area contributed by atoms with Crippen LogP contribution in [-0.4, -0.2) is 29.4 Å². The standard InChI is InChI=1S/C23H23F2N5O/c1-15-4-5-16(2)30(15)19-7-9-22(27-11-19)17(3)23(31,12-29-14-26-13-28-29)20-8-6-18(24)10-21(20)25/h4-11,13-14,17,31H,12H2,1-3H3. The highest BCUT2D eigenvalue weighted by Crippen LogP contribution is 2.39. The van der Waals surface area contributed by atoms with Crippen LogP contribution < -0.4 is 0 Å². The fourth-order valence-corrected chi connectivity index (χ4v) is 3.96. The van der Waals surface area contributed by atoms with Gasteiger partial charge in [-0.05, 0) is 44.2 Å². The molecule has 0 fully saturated rings. The maximum atomic E-state index is 14.7. The minimum Gasteiger partial charge on any atom is -0.382 e. The van der Waals surface area contributed by atoms with E-state index >= 15 is 0 Å². The molecule has 0 aliphatic heterocycles. The number of aliphatic hydroxyl groups is 1. The predicted molar refractivity (Wildman–Crippen MR) is 112 cm³/mol. The smallest absolute Gasteiger partial charge is 0.137 e. The highest BCUT2D eigenvalue weighted by molar-refractivity contribution is 5.38. The molecular weight excluding hydrogens is 400 g/mol. The lowest BCUT2D eigenvalue weighted by atomic mass is 9.79. The zero-order valence-corrected chi connectivity index (χ0v) is 17.5. The van der Waals surface area contributed by atoms with Crippen molar-refractivity contribution in [2.24, 2.45) is 0 Å². The summed E-state index contributed by atoms with van der Waals surface area (Å²) in [5.74, 6) is -2.17. The SMILES string of the molecule is Cc1ccc(C)n1-c1ccc(C(C)C(O)(Cn2cncn2)c2ccc(F)cc2F)nc1. The van der Waals surface area contributed by atoms with E-state index in [9.17, 15) is 13.9 Å². The van der Waals surface area contributed by atoms with Crippen LogP contribution in [0.25, 0.3) is 5.69 Å². The zero-order chi connectivity index (χ0) is 22.2. The number of pyridine rings is 1. The van der Waals surface area contributed by atoms with E-state index in [2.05, 4.69) is 19.6 Å². The molecule has 0 radical (unpaired) electrons. The molecule has 0 saturated heterocycles. The van der Waals surface area contributed by atoms with Crippen LogP contribution in [0.2, 0.25) is 0 Å². The Hall–Kier alpha value is -3.39. The second kappa shape index (κ2) is 8.03. The monoisotopic (exact) mass is 423 g/mol. The van der Waals surface area contributed by atoms with Crippen LogP contribution in [0, 0.1) is 25.5 Å². The molecule has 3 heterocycles. The van der Waals surface area contributed by atoms with Gasteiger partial charge in [-0.15, -0.1) is 0 Å². The van der Waals surface area contributed by atoms with E-state index in [-0.39, 0.29) is 12.1 Å². The van der Waals surface area contributed by atoms with Gasteiger partial charge in [0.15, 0.2) is 0 Å². The fourth-order valence-electron chi connectivity index (χ4n) is 3.96. The Bertz CT molecular complexity index is 1170. The maximum Gasteiger partial charge on any atom is 0.137 e. The van der Waals surface area contributed by atoms with Gasteiger partial charge in [0.25, 0.3) is 0 Å². The molecule has 0 spiro atoms. The lowest BCUT2D eigenvalue weighted by Gasteiger charge is -2.34. The van der Waals surface area contributed by atoms with Crippen LogP contribution in [0.1, 0.15) is 35.5 Å². The average Bonchev–Trinajstić information content (AvgIpc) is 3.36. The van der Waals surface area contributed by atoms with Gasteiger partial charge in [-0.3, -0.25) is 4.98 Å². The number of hydrogen-bond donors (Lipinski definition) is 1. The largest absolute Gasteiger partial charge is 0.382 e. The van der Waals surface area contributed by atoms with Gasteiger partial charge >= 0.3 is 0 Å². The Kier molecular flexibility index (Phi) is 5.41. The first-order valence-electron chi connectivity index (χ1n) is 9.91. The van der Waals surface area contributed by atoms with E-state index in [4.69, 9.17) is 0 Å². The average molecular weight is 423 g/mol. The third kappa shape index (κ3) is 3.86. The van der Waals surface area contributed by atoms with Crippen molar-refractivity contribution in [1.29, 1.82) is 0 Å². The molecule has 160 valence electrons. The summed E-state index contributed by atoms with van der Waals surface area (Å²) in [4.78, 5) is 8.46. The number of halogens is 2. The summed E-state index contributed by atoms with van der Waals surface area (Å²) in [5.41, 5.74) is 1.85. The van der Waals surface area contributed by atoms with Gasteiger partial charge in [0, 0.05) is 34.6 Å². The highest BCUT2D eigenvalue weighted by atomic mass is 19.1. The number of rotatable bonds is 6. The summed E-state index contributed by atoms with van der Waals surface area (Å²) in [7, 11) is 0. The van der Waals surface area contributed by atoms with Gasteiger partial charge < -0.3 is 9.67 Å². The Morgan fingerprint density at radius 1 is 1.06 bits per heavy atom. The molecule has 3 aromatic heterocycles. The van der Waals surface area contributed by atoms with Gasteiger partial charge in [-0.1, -0.05) is 13.0 Å². The molecule has 0 bridgehead atoms. The third-order valence-electron chi connectivity index (χ3n) is 5.73. The Labute approximate surface area is 178 Å². The third-order valence-corrected chi connectivity index (χ3v) is 5.73. The molecule has 8 heteroatoms. The minimum atomic E-state index is -1.74. The van der Waals surface area contributed by atoms with Crippen LogP contribution in [0.15, 0.2) is 61.3 Å². The normalized spacial score (nSPS) is 14.4. The number of aryl methyl sites for hydroxylation is 2. The Balaban J connectivity index is 1.74. The molecule has 0 aliphatic rings. The number of aromatic nitrogens is 5. The second-order valence-electron chi connectivity index (χ2n) is 7.76. The first-order chi connectivity index (χ1) is 14.8. The van der Waals surface area contributed by atoms with Crippen LogP contribution in [-0.2, 0) is 12.1 Å². The van der Waals surface area contributed by atoms with E-state index in [0.717, 1.165) is 29.2 Å². The van der Waals surface area contributed by atoms with Gasteiger partial charge in [-0.2, -0.15) is 5.10 Å². The summed E-state index contributed by atoms with van der Waals surface area (Å²) in [6.45, 7) is 5.71. The van der Waals surface area contributed by atoms with E-state index in [0.29, 0.717) is 5.69 Å². The van der Waals surface area contributed by atoms with Crippen molar-refractivity contribution in [1.82, 2.24) is 24.3 Å². The number of nitrogens with zero attached hydrogens (tertiary/aromatic N) is 5. The van der Waals surface area contributed by atoms with Crippen molar-refractivity contribution in [3.63, 3.8) is 0 Å². The van der Waals surface area contributed by atoms with E-state index < -0.39 is 23.2 Å². The van der Waals surface area contributed by atoms with E-state index in [1.165, 1.54) is 23.4 Å². The first kappa shape index (κ1) is 20.9. The molecular formula is C23H23F2N5O. The summed E-state index contributed by atoms with van der Waals surface area (Å²) in [6, 6.07) is 10.9. The van der Waals surface area contributed by atoms with Crippen molar-refractivity contribution in [3.05, 3.63) is 95.6 Å². The Morgan fingerprint density at radius 3 is 2.39 bits per heavy atom. The molecule has 4 rings (SSSR count). The van der Waals surface area contributed by atoms with Crippen LogP contribution in [0.3, 0.4) is 0 Å². The van der Waals surface area contributed by atoms with Crippen LogP contribution >= 0.6 is 0 Å². The van der Waals surface area contributed by atoms with Crippen molar-refractivity contribution in [2.75, 3.05) is 0 Å². The predicted octanol–water partition coefficient (Wildman–Crippen LogP) is 4.05. The quantitative estimate of drug-likeness (QED) is 0.508. The molecule has 0 saturated carbocycles. The van der Waals surface area contributed by atoms with Crippen LogP contribution in [0.5, 0.6) is 0 Å². The molecule has 2 unspecified atom stereocenters. The van der Waals surface area contributed by atoms with Gasteiger partial charge in [0.1, 0.15) is 29.9 Å². The second-order valence-corrected chi connectivity index (χ2v) is 7.76. The van der Waals surface area contributed by atoms with Crippen molar-refractivity contribution >= 4 is 0 Å². The summed E-state index contributed by atoms with van der Waals surface area (Å²) < 4.78 is 31.7. The molecule has 6 nitrogen and oxygen atoms in total. The van der Waals surface area contributed by atoms with Crippen molar-refractivity contribution in [2.45, 2.75) is 38.8 Å². The Morgan fingerprint density at radius 2 is 1.81 bits per heavy atom. The topological polar surface area (TPSA) is 68.8 Å². The molecule has 1 N–H and O–H groups in total. The summed E-state index contributed by atoms with van der Waals surface area (Å²) >= 11 is 0. The number of hydrogen-bond acceptors (Lipinski definition) is 4. The van der Waals surface area contributed by atoms with E-state index in [1.807, 2.05) is 38.1 Å². The molecule has 0 aliphatic carbocycles. The summed E-state index contributed by atoms with van der Waals surface area (Å²) in [5, 5.41) is 15.7. The van der Waals surface area contributed by atoms with Crippen molar-refractivity contribution < 1.29 is 13.9 Å². The molecule has 4 aromatic rings. The zero-order valence-electron chi connectivity index (χ0n) is 17.5. The first-order valence-corrected chi connectivity index (χ1v) is 9.91. The lowest BCUT2D eigenvalue weighted by molar-refractivity contribution is -0.0123. The van der Waals surface area contributed by atoms with Crippen LogP contribution in [0.4, 0.5) is 8.78 Å². The molecule has 31 heavy (non-hydrogen) atoms. The molecule has 1 aromatic carbocycles. The van der Waals surface area contributed by atoms with E-state index in [1.54, 1.807) is 13.1 Å². The minimum absolute atomic E-state index is 0.0279. The van der Waals surface area contributed by atoms with Gasteiger partial charge in [0.05, 0.1) is 18.4 Å². The molecule has 2 atom stereocenters. The number of benzene rings is 1. The van der Waals surface area contributed by atoms with Gasteiger partial charge in [0.2, 0.25) is 0 Å². The molecule has 0 amide bonds. The summed E-state index contributed by atoms with van der Waals surface area (Å²) in [6.07, 6.45) is 4.50. The lowest BCUT2D eigenvalue weighted by Crippen LogP contribution is -2.38. The van der Waals surface area contributed by atoms with Crippen molar-refractivity contribution in [3.8, 4) is 5.69 Å². The van der Waals surface area contributed by atoms with Gasteiger partial charge in [-0.25, -0.2) is 18.4 Å². The maximum absolute atomic E-state index is 14.7. The fraction of sp³-hybridized carbons (Fsp3) is 0.261. The highest BCUT2D eigenvalue weighted by Gasteiger charge is 2.40.